The van der Waals surface area contributed by atoms with Gasteiger partial charge >= 0.3 is 0 Å². The van der Waals surface area contributed by atoms with Crippen molar-refractivity contribution in [3.8, 4) is 11.8 Å². The van der Waals surface area contributed by atoms with Gasteiger partial charge in [-0.1, -0.05) is 35.9 Å². The molecule has 0 bridgehead atoms. The number of carbonyl (C=O) groups is 1. The van der Waals surface area contributed by atoms with Crippen molar-refractivity contribution < 1.29 is 34.7 Å². The van der Waals surface area contributed by atoms with Crippen LogP contribution in [-0.2, 0) is 16.0 Å². The Balaban J connectivity index is 1.25. The molecule has 0 radical (unpaired) electrons. The van der Waals surface area contributed by atoms with Gasteiger partial charge in [-0.25, -0.2) is 0 Å². The number of aliphatic hydroxyl groups is 4. The van der Waals surface area contributed by atoms with Gasteiger partial charge in [0.1, 0.15) is 42.3 Å². The van der Waals surface area contributed by atoms with E-state index in [1.165, 1.54) is 0 Å². The van der Waals surface area contributed by atoms with E-state index in [1.807, 2.05) is 38.1 Å². The number of benzene rings is 2. The highest BCUT2D eigenvalue weighted by Crippen LogP contribution is 2.34. The number of nitrogens with one attached hydrogen (secondary N) is 1. The van der Waals surface area contributed by atoms with Crippen LogP contribution in [0, 0.1) is 11.3 Å². The molecule has 0 aromatic heterocycles. The molecular weight excluding hydrogens is 594 g/mol. The van der Waals surface area contributed by atoms with Crippen LogP contribution in [0.25, 0.3) is 0 Å². The standard InChI is InChI=1S/C31H40ClN3O7S/c1-31(2,34-15-26(37)35-18-43-17-22(35)14-33)10-3-11-41-23-7-4-19(5-8-23)12-21-13-20(6-9-24(21)32)30-29(40)28(39)27(38)25(16-36)42-30/h4-9,13,22,25,27-30,34,36,38-40H,3,10-12,15-18H2,1-2H3/t22-,25+,27+,28-,29+,30-/m0/s1. The van der Waals surface area contributed by atoms with Gasteiger partial charge in [0, 0.05) is 16.3 Å². The first-order chi connectivity index (χ1) is 20.5. The highest BCUT2D eigenvalue weighted by atomic mass is 35.5. The minimum atomic E-state index is -1.45. The molecule has 43 heavy (non-hydrogen) atoms. The maximum atomic E-state index is 12.5. The van der Waals surface area contributed by atoms with E-state index in [1.54, 1.807) is 34.9 Å². The number of halogens is 1. The first-order valence-corrected chi connectivity index (χ1v) is 15.9. The second-order valence-corrected chi connectivity index (χ2v) is 13.0. The molecule has 2 heterocycles. The van der Waals surface area contributed by atoms with Crippen molar-refractivity contribution in [3.05, 3.63) is 64.2 Å². The maximum absolute atomic E-state index is 12.5. The number of aliphatic hydroxyl groups excluding tert-OH is 4. The van der Waals surface area contributed by atoms with Gasteiger partial charge in [0.25, 0.3) is 0 Å². The van der Waals surface area contributed by atoms with Crippen molar-refractivity contribution in [3.63, 3.8) is 0 Å². The van der Waals surface area contributed by atoms with Crippen molar-refractivity contribution in [2.75, 3.05) is 31.4 Å². The Morgan fingerprint density at radius 3 is 2.63 bits per heavy atom. The van der Waals surface area contributed by atoms with Crippen LogP contribution in [0.15, 0.2) is 42.5 Å². The first kappa shape index (κ1) is 33.5. The van der Waals surface area contributed by atoms with Crippen LogP contribution < -0.4 is 10.1 Å². The van der Waals surface area contributed by atoms with Crippen LogP contribution in [0.3, 0.4) is 0 Å². The Kier molecular flexibility index (Phi) is 11.7. The van der Waals surface area contributed by atoms with E-state index in [9.17, 15) is 30.5 Å². The van der Waals surface area contributed by atoms with E-state index in [0.717, 1.165) is 29.7 Å². The van der Waals surface area contributed by atoms with Crippen LogP contribution in [0.5, 0.6) is 5.75 Å². The van der Waals surface area contributed by atoms with Crippen molar-refractivity contribution in [2.45, 2.75) is 75.2 Å². The smallest absolute Gasteiger partial charge is 0.238 e. The summed E-state index contributed by atoms with van der Waals surface area (Å²) in [6, 6.07) is 14.7. The molecule has 2 aliphatic heterocycles. The summed E-state index contributed by atoms with van der Waals surface area (Å²) < 4.78 is 11.6. The molecule has 2 aromatic carbocycles. The molecule has 10 nitrogen and oxygen atoms in total. The predicted octanol–water partition coefficient (Wildman–Crippen LogP) is 2.40. The molecule has 0 saturated carbocycles. The zero-order chi connectivity index (χ0) is 31.1. The average molecular weight is 634 g/mol. The fourth-order valence-corrected chi connectivity index (χ4v) is 6.50. The second kappa shape index (κ2) is 15.1. The number of amides is 1. The zero-order valence-corrected chi connectivity index (χ0v) is 25.9. The lowest BCUT2D eigenvalue weighted by atomic mass is 9.90. The zero-order valence-electron chi connectivity index (χ0n) is 24.4. The van der Waals surface area contributed by atoms with Gasteiger partial charge in [0.15, 0.2) is 0 Å². The van der Waals surface area contributed by atoms with Gasteiger partial charge in [-0.2, -0.15) is 5.26 Å². The van der Waals surface area contributed by atoms with Crippen molar-refractivity contribution in [1.29, 1.82) is 5.26 Å². The average Bonchev–Trinajstić information content (AvgIpc) is 3.48. The molecule has 0 unspecified atom stereocenters. The molecule has 2 aliphatic rings. The predicted molar refractivity (Wildman–Crippen MR) is 164 cm³/mol. The molecule has 2 fully saturated rings. The summed E-state index contributed by atoms with van der Waals surface area (Å²) in [4.78, 5) is 14.1. The highest BCUT2D eigenvalue weighted by molar-refractivity contribution is 7.99. The minimum absolute atomic E-state index is 0.0529. The van der Waals surface area contributed by atoms with Gasteiger partial charge in [0.05, 0.1) is 31.7 Å². The SMILES string of the molecule is CC(C)(CCCOc1ccc(Cc2cc([C@@H]3O[C@H](CO)[C@@H](O)[C@H](O)[C@H]3O)ccc2Cl)cc1)NCC(=O)N1CSC[C@@H]1C#N. The Bertz CT molecular complexity index is 1270. The third-order valence-electron chi connectivity index (χ3n) is 7.89. The number of carbonyl (C=O) groups excluding carboxylic acids is 1. The molecule has 2 saturated heterocycles. The van der Waals surface area contributed by atoms with E-state index in [2.05, 4.69) is 11.4 Å². The number of ether oxygens (including phenoxy) is 2. The van der Waals surface area contributed by atoms with Crippen LogP contribution >= 0.6 is 23.4 Å². The summed E-state index contributed by atoms with van der Waals surface area (Å²) >= 11 is 8.07. The molecular formula is C31H40ClN3O7S. The number of hydrogen-bond donors (Lipinski definition) is 5. The molecule has 5 N–H and O–H groups in total. The monoisotopic (exact) mass is 633 g/mol. The Morgan fingerprint density at radius 2 is 1.93 bits per heavy atom. The number of hydrogen-bond acceptors (Lipinski definition) is 10. The Labute approximate surface area is 261 Å². The number of rotatable bonds is 12. The van der Waals surface area contributed by atoms with E-state index < -0.39 is 37.1 Å². The summed E-state index contributed by atoms with van der Waals surface area (Å²) in [7, 11) is 0. The largest absolute Gasteiger partial charge is 0.494 e. The Hall–Kier alpha value is -2.40. The summed E-state index contributed by atoms with van der Waals surface area (Å²) in [5.74, 6) is 1.91. The highest BCUT2D eigenvalue weighted by Gasteiger charge is 2.44. The van der Waals surface area contributed by atoms with Crippen LogP contribution in [0.2, 0.25) is 5.02 Å². The molecule has 1 amide bonds. The summed E-state index contributed by atoms with van der Waals surface area (Å²) in [5, 5.41) is 53.3. The molecule has 2 aromatic rings. The van der Waals surface area contributed by atoms with E-state index in [-0.39, 0.29) is 24.0 Å². The van der Waals surface area contributed by atoms with Crippen molar-refractivity contribution >= 4 is 29.3 Å². The van der Waals surface area contributed by atoms with Gasteiger partial charge in [-0.15, -0.1) is 11.8 Å². The maximum Gasteiger partial charge on any atom is 0.238 e. The van der Waals surface area contributed by atoms with E-state index in [4.69, 9.17) is 21.1 Å². The van der Waals surface area contributed by atoms with Gasteiger partial charge in [-0.3, -0.25) is 4.79 Å². The molecule has 0 aliphatic carbocycles. The molecule has 0 spiro atoms. The third-order valence-corrected chi connectivity index (χ3v) is 9.27. The number of nitriles is 1. The van der Waals surface area contributed by atoms with Gasteiger partial charge in [0.2, 0.25) is 5.91 Å². The van der Waals surface area contributed by atoms with Gasteiger partial charge in [-0.05, 0) is 68.0 Å². The summed E-state index contributed by atoms with van der Waals surface area (Å²) in [5.41, 5.74) is 2.11. The van der Waals surface area contributed by atoms with E-state index in [0.29, 0.717) is 35.2 Å². The third kappa shape index (κ3) is 8.62. The molecule has 6 atom stereocenters. The first-order valence-electron chi connectivity index (χ1n) is 14.4. The summed E-state index contributed by atoms with van der Waals surface area (Å²) in [6.07, 6.45) is -4.05. The number of thioether (sulfide) groups is 1. The van der Waals surface area contributed by atoms with Crippen LogP contribution in [0.4, 0.5) is 0 Å². The quantitative estimate of drug-likeness (QED) is 0.220. The normalized spacial score (nSPS) is 25.9. The summed E-state index contributed by atoms with van der Waals surface area (Å²) in [6.45, 7) is 4.32. The number of nitrogens with zero attached hydrogens (tertiary/aromatic N) is 2. The van der Waals surface area contributed by atoms with Crippen molar-refractivity contribution in [2.24, 2.45) is 0 Å². The lowest BCUT2D eigenvalue weighted by Crippen LogP contribution is -2.55. The topological polar surface area (TPSA) is 156 Å². The molecule has 4 rings (SSSR count). The minimum Gasteiger partial charge on any atom is -0.494 e. The van der Waals surface area contributed by atoms with Crippen LogP contribution in [0.1, 0.15) is 49.5 Å². The van der Waals surface area contributed by atoms with Crippen molar-refractivity contribution in [1.82, 2.24) is 10.2 Å². The van der Waals surface area contributed by atoms with Gasteiger partial charge < -0.3 is 40.1 Å². The fraction of sp³-hybridized carbons (Fsp3) is 0.548. The second-order valence-electron chi connectivity index (χ2n) is 11.6. The lowest BCUT2D eigenvalue weighted by Gasteiger charge is -2.40. The Morgan fingerprint density at radius 1 is 1.19 bits per heavy atom. The van der Waals surface area contributed by atoms with Crippen LogP contribution in [-0.4, -0.2) is 98.6 Å². The molecule has 12 heteroatoms. The lowest BCUT2D eigenvalue weighted by molar-refractivity contribution is -0.231. The fourth-order valence-electron chi connectivity index (χ4n) is 5.21. The van der Waals surface area contributed by atoms with E-state index >= 15 is 0 Å². The molecule has 234 valence electrons.